The molecule has 8 nitrogen and oxygen atoms in total. The van der Waals surface area contributed by atoms with Crippen molar-refractivity contribution in [3.05, 3.63) is 0 Å². The first kappa shape index (κ1) is 34.3. The highest BCUT2D eigenvalue weighted by Crippen LogP contribution is 2.89. The smallest absolute Gasteiger partial charge is 0.303 e. The van der Waals surface area contributed by atoms with Crippen LogP contribution < -0.4 is 0 Å². The predicted molar refractivity (Wildman–Crippen MR) is 182 cm³/mol. The van der Waals surface area contributed by atoms with Crippen molar-refractivity contribution in [2.45, 2.75) is 157 Å². The third kappa shape index (κ3) is 4.56. The summed E-state index contributed by atoms with van der Waals surface area (Å²) in [6.07, 6.45) is 8.09. The molecule has 5 aliphatic carbocycles. The maximum absolute atomic E-state index is 12.6. The summed E-state index contributed by atoms with van der Waals surface area (Å²) in [5.41, 5.74) is 0.279. The molecule has 0 aromatic heterocycles. The van der Waals surface area contributed by atoms with Gasteiger partial charge in [-0.1, -0.05) is 55.4 Å². The topological polar surface area (TPSA) is 86.7 Å². The van der Waals surface area contributed by atoms with E-state index in [2.05, 4.69) is 60.3 Å². The Morgan fingerprint density at radius 3 is 2.38 bits per heavy atom. The molecule has 1 N–H and O–H groups in total. The van der Waals surface area contributed by atoms with Gasteiger partial charge in [-0.25, -0.2) is 0 Å². The second-order valence-electron chi connectivity index (χ2n) is 20.1. The van der Waals surface area contributed by atoms with Gasteiger partial charge in [-0.15, -0.1) is 0 Å². The molecule has 3 aliphatic heterocycles. The van der Waals surface area contributed by atoms with Crippen molar-refractivity contribution in [1.29, 1.82) is 0 Å². The van der Waals surface area contributed by atoms with Crippen LogP contribution in [0.3, 0.4) is 0 Å². The number of hydrogen-bond donors (Lipinski definition) is 1. The second kappa shape index (κ2) is 11.1. The number of fused-ring (bicyclic) bond motifs is 4. The van der Waals surface area contributed by atoms with Crippen LogP contribution in [0.4, 0.5) is 0 Å². The van der Waals surface area contributed by atoms with Crippen LogP contribution in [-0.2, 0) is 28.5 Å². The molecule has 272 valence electrons. The van der Waals surface area contributed by atoms with E-state index in [1.807, 2.05) is 0 Å². The minimum absolute atomic E-state index is 0.0121. The van der Waals surface area contributed by atoms with E-state index in [1.54, 1.807) is 0 Å². The average Bonchev–Trinajstić information content (AvgIpc) is 3.61. The number of carbonyl (C=O) groups is 1. The molecule has 8 heteroatoms. The molecule has 3 heterocycles. The Morgan fingerprint density at radius 2 is 1.71 bits per heavy atom. The summed E-state index contributed by atoms with van der Waals surface area (Å²) >= 11 is 0. The minimum Gasteiger partial charge on any atom is -0.459 e. The Labute approximate surface area is 289 Å². The molecular weight excluding hydrogens is 606 g/mol. The Morgan fingerprint density at radius 1 is 1.00 bits per heavy atom. The van der Waals surface area contributed by atoms with E-state index in [9.17, 15) is 9.90 Å². The predicted octanol–water partition coefficient (Wildman–Crippen LogP) is 6.22. The zero-order valence-corrected chi connectivity index (χ0v) is 31.4. The molecule has 48 heavy (non-hydrogen) atoms. The van der Waals surface area contributed by atoms with Crippen molar-refractivity contribution in [2.75, 3.05) is 32.9 Å². The summed E-state index contributed by atoms with van der Waals surface area (Å²) < 4.78 is 31.6. The van der Waals surface area contributed by atoms with Crippen molar-refractivity contribution in [3.8, 4) is 0 Å². The maximum Gasteiger partial charge on any atom is 0.303 e. The molecule has 0 aromatic carbocycles. The lowest BCUT2D eigenvalue weighted by Gasteiger charge is -2.64. The molecule has 5 saturated carbocycles. The Hall–Kier alpha value is -0.770. The molecular formula is C40H65NO7. The zero-order chi connectivity index (χ0) is 34.2. The number of esters is 1. The lowest BCUT2D eigenvalue weighted by atomic mass is 9.41. The van der Waals surface area contributed by atoms with Crippen LogP contribution in [0.5, 0.6) is 0 Å². The van der Waals surface area contributed by atoms with Gasteiger partial charge in [0.1, 0.15) is 6.10 Å². The summed E-state index contributed by atoms with van der Waals surface area (Å²) in [4.78, 5) is 14.7. The number of hydrogen-bond acceptors (Lipinski definition) is 8. The van der Waals surface area contributed by atoms with E-state index < -0.39 is 6.10 Å². The molecule has 0 aromatic rings. The first-order chi connectivity index (χ1) is 22.5. The van der Waals surface area contributed by atoms with Crippen molar-refractivity contribution in [1.82, 2.24) is 4.90 Å². The lowest BCUT2D eigenvalue weighted by Crippen LogP contribution is -2.60. The molecule has 0 radical (unpaired) electrons. The van der Waals surface area contributed by atoms with Gasteiger partial charge in [-0.2, -0.15) is 0 Å². The fourth-order valence-corrected chi connectivity index (χ4v) is 14.4. The summed E-state index contributed by atoms with van der Waals surface area (Å²) in [6.45, 7) is 24.5. The third-order valence-electron chi connectivity index (χ3n) is 16.8. The Kier molecular flexibility index (Phi) is 7.95. The van der Waals surface area contributed by atoms with Crippen LogP contribution in [0.1, 0.15) is 114 Å². The van der Waals surface area contributed by atoms with Gasteiger partial charge in [-0.05, 0) is 96.7 Å². The van der Waals surface area contributed by atoms with Gasteiger partial charge in [-0.3, -0.25) is 9.69 Å². The largest absolute Gasteiger partial charge is 0.459 e. The highest BCUT2D eigenvalue weighted by atomic mass is 16.7. The summed E-state index contributed by atoms with van der Waals surface area (Å²) in [7, 11) is 0. The first-order valence-electron chi connectivity index (χ1n) is 19.6. The van der Waals surface area contributed by atoms with Crippen LogP contribution in [-0.4, -0.2) is 91.7 Å². The molecule has 8 rings (SSSR count). The number of ether oxygens (including phenoxy) is 5. The van der Waals surface area contributed by atoms with E-state index in [-0.39, 0.29) is 58.3 Å². The normalized spacial score (nSPS) is 52.1. The van der Waals surface area contributed by atoms with Crippen molar-refractivity contribution < 1.29 is 33.6 Å². The molecule has 2 spiro atoms. The summed E-state index contributed by atoms with van der Waals surface area (Å²) in [5.74, 6) is 1.55. The van der Waals surface area contributed by atoms with Crippen LogP contribution in [0.15, 0.2) is 0 Å². The molecule has 3 saturated heterocycles. The van der Waals surface area contributed by atoms with E-state index >= 15 is 0 Å². The van der Waals surface area contributed by atoms with Crippen LogP contribution in [0.2, 0.25) is 0 Å². The third-order valence-corrected chi connectivity index (χ3v) is 16.8. The van der Waals surface area contributed by atoms with Gasteiger partial charge >= 0.3 is 5.97 Å². The van der Waals surface area contributed by atoms with E-state index in [0.717, 1.165) is 52.2 Å². The molecule has 9 unspecified atom stereocenters. The van der Waals surface area contributed by atoms with Crippen LogP contribution in [0, 0.1) is 56.2 Å². The Balaban J connectivity index is 1.03. The monoisotopic (exact) mass is 671 g/mol. The summed E-state index contributed by atoms with van der Waals surface area (Å²) in [6, 6.07) is 0.519. The number of aliphatic hydroxyl groups excluding tert-OH is 1. The van der Waals surface area contributed by atoms with Crippen molar-refractivity contribution in [3.63, 3.8) is 0 Å². The standard InChI is InChI=1S/C40H65NO7/c1-23-18-26(34(35(3,4)5)46-24(2)42)47-32-31(23)37(8)14-15-40-22-39(40)13-12-29(48-30-19-41(16-17-45-30)25-20-44-21-25)36(6,7)27(39)10-11-28(40)38(37,9)33(32)43/h23,25-34,43H,10-22H2,1-9H3/t23-,26?,27+,28?,29?,30+,31?,32?,33+,34?,37?,38-,39?,40?/m1/s1. The first-order valence-corrected chi connectivity index (χ1v) is 19.6. The van der Waals surface area contributed by atoms with E-state index in [4.69, 9.17) is 23.7 Å². The molecule has 8 fully saturated rings. The quantitative estimate of drug-likeness (QED) is 0.345. The number of nitrogens with zero attached hydrogens (tertiary/aromatic N) is 1. The molecule has 8 aliphatic rings. The number of morpholine rings is 1. The number of aliphatic hydroxyl groups is 1. The number of rotatable bonds is 5. The van der Waals surface area contributed by atoms with Gasteiger partial charge in [0.05, 0.1) is 56.8 Å². The second-order valence-corrected chi connectivity index (χ2v) is 20.1. The zero-order valence-electron chi connectivity index (χ0n) is 31.4. The minimum atomic E-state index is -0.521. The van der Waals surface area contributed by atoms with Gasteiger partial charge in [0.2, 0.25) is 0 Å². The average molecular weight is 672 g/mol. The molecule has 0 bridgehead atoms. The van der Waals surface area contributed by atoms with Gasteiger partial charge in [0.25, 0.3) is 0 Å². The van der Waals surface area contributed by atoms with Gasteiger partial charge < -0.3 is 28.8 Å². The fourth-order valence-electron chi connectivity index (χ4n) is 14.4. The number of carbonyl (C=O) groups excluding carboxylic acids is 1. The van der Waals surface area contributed by atoms with Crippen LogP contribution in [0.25, 0.3) is 0 Å². The lowest BCUT2D eigenvalue weighted by molar-refractivity contribution is -0.256. The van der Waals surface area contributed by atoms with Gasteiger partial charge in [0, 0.05) is 24.3 Å². The molecule has 14 atom stereocenters. The SMILES string of the molecule is CC(=O)OC(C1C[C@@H](C)C2C(O1)[C@H](O)[C@@]1(C)C3CC[C@H]4C(C)(C)C(O[C@H]5CN(C6COC6)CCO5)CCC45CC35CCC21C)C(C)(C)C. The highest BCUT2D eigenvalue weighted by Gasteiger charge is 2.84. The van der Waals surface area contributed by atoms with E-state index in [0.29, 0.717) is 40.5 Å². The van der Waals surface area contributed by atoms with Gasteiger partial charge in [0.15, 0.2) is 6.29 Å². The van der Waals surface area contributed by atoms with Crippen molar-refractivity contribution in [2.24, 2.45) is 56.2 Å². The molecule has 0 amide bonds. The summed E-state index contributed by atoms with van der Waals surface area (Å²) in [5, 5.41) is 12.6. The van der Waals surface area contributed by atoms with Crippen LogP contribution >= 0.6 is 0 Å². The van der Waals surface area contributed by atoms with E-state index in [1.165, 1.54) is 39.0 Å². The Bertz CT molecular complexity index is 1280. The maximum atomic E-state index is 12.6. The van der Waals surface area contributed by atoms with Crippen molar-refractivity contribution >= 4 is 5.97 Å². The highest BCUT2D eigenvalue weighted by molar-refractivity contribution is 5.66. The fraction of sp³-hybridized carbons (Fsp3) is 0.975.